The zero-order valence-corrected chi connectivity index (χ0v) is 16.3. The molecule has 0 N–H and O–H groups in total. The van der Waals surface area contributed by atoms with Gasteiger partial charge >= 0.3 is 0 Å². The molecule has 25 heavy (non-hydrogen) atoms. The number of rotatable bonds is 11. The van der Waals surface area contributed by atoms with Crippen LogP contribution in [-0.2, 0) is 15.3 Å². The second-order valence-electron chi connectivity index (χ2n) is 5.36. The van der Waals surface area contributed by atoms with Crippen LogP contribution >= 0.6 is 23.5 Å². The molecule has 0 unspecified atom stereocenters. The van der Waals surface area contributed by atoms with Gasteiger partial charge in [0.2, 0.25) is 5.78 Å². The Balaban J connectivity index is 2.42. The molecule has 0 heterocycles. The van der Waals surface area contributed by atoms with Gasteiger partial charge in [0, 0.05) is 22.6 Å². The molecule has 0 aliphatic carbocycles. The molecule has 0 aromatic heterocycles. The van der Waals surface area contributed by atoms with Crippen LogP contribution in [0.25, 0.3) is 0 Å². The molecule has 0 saturated carbocycles. The van der Waals surface area contributed by atoms with Crippen LogP contribution in [0.4, 0.5) is 0 Å². The number of Topliss-reactive ketones (excluding diaryl/α,β-unsaturated/α-hetero) is 1. The lowest BCUT2D eigenvalue weighted by molar-refractivity contribution is -0.203. The number of hydrogen-bond acceptors (Lipinski definition) is 5. The van der Waals surface area contributed by atoms with E-state index in [1.165, 1.54) is 0 Å². The Morgan fingerprint density at radius 3 is 1.80 bits per heavy atom. The highest BCUT2D eigenvalue weighted by molar-refractivity contribution is 7.98. The van der Waals surface area contributed by atoms with E-state index in [0.717, 1.165) is 17.1 Å². The van der Waals surface area contributed by atoms with Crippen LogP contribution in [0, 0.1) is 0 Å². The third-order valence-corrected chi connectivity index (χ3v) is 4.82. The van der Waals surface area contributed by atoms with Crippen molar-refractivity contribution in [2.75, 3.05) is 37.2 Å². The monoisotopic (exact) mass is 376 g/mol. The predicted molar refractivity (Wildman–Crippen MR) is 108 cm³/mol. The van der Waals surface area contributed by atoms with E-state index in [4.69, 9.17) is 9.47 Å². The van der Waals surface area contributed by atoms with Crippen molar-refractivity contribution in [3.05, 3.63) is 71.8 Å². The fraction of sp³-hybridized carbons (Fsp3) is 0.350. The van der Waals surface area contributed by atoms with Crippen LogP contribution in [0.3, 0.4) is 0 Å². The zero-order chi connectivity index (χ0) is 18.0. The van der Waals surface area contributed by atoms with Gasteiger partial charge in [-0.15, -0.1) is 0 Å². The fourth-order valence-electron chi connectivity index (χ4n) is 2.45. The van der Waals surface area contributed by atoms with Crippen LogP contribution in [0.1, 0.15) is 15.9 Å². The van der Waals surface area contributed by atoms with Crippen LogP contribution in [-0.4, -0.2) is 43.0 Å². The van der Waals surface area contributed by atoms with E-state index >= 15 is 0 Å². The van der Waals surface area contributed by atoms with Crippen molar-refractivity contribution in [3.63, 3.8) is 0 Å². The second kappa shape index (κ2) is 10.7. The molecule has 0 spiro atoms. The fourth-order valence-corrected chi connectivity index (χ4v) is 2.95. The number of hydrogen-bond donors (Lipinski definition) is 0. The summed E-state index contributed by atoms with van der Waals surface area (Å²) >= 11 is 3.35. The van der Waals surface area contributed by atoms with E-state index in [2.05, 4.69) is 0 Å². The molecular formula is C20H24O3S2. The molecule has 0 radical (unpaired) electrons. The van der Waals surface area contributed by atoms with Gasteiger partial charge in [-0.2, -0.15) is 23.5 Å². The van der Waals surface area contributed by atoms with Gasteiger partial charge in [0.1, 0.15) is 0 Å². The van der Waals surface area contributed by atoms with Crippen molar-refractivity contribution < 1.29 is 14.3 Å². The number of benzene rings is 2. The van der Waals surface area contributed by atoms with Crippen molar-refractivity contribution in [2.24, 2.45) is 0 Å². The lowest BCUT2D eigenvalue weighted by Gasteiger charge is -2.33. The minimum Gasteiger partial charge on any atom is -0.339 e. The molecule has 134 valence electrons. The molecule has 0 atom stereocenters. The first kappa shape index (κ1) is 20.0. The van der Waals surface area contributed by atoms with Crippen LogP contribution in [0.15, 0.2) is 60.7 Å². The van der Waals surface area contributed by atoms with Crippen molar-refractivity contribution in [1.29, 1.82) is 0 Å². The molecule has 0 fully saturated rings. The maximum absolute atomic E-state index is 13.4. The summed E-state index contributed by atoms with van der Waals surface area (Å²) in [6.07, 6.45) is 4.03. The first-order chi connectivity index (χ1) is 12.2. The lowest BCUT2D eigenvalue weighted by Crippen LogP contribution is -2.43. The maximum atomic E-state index is 13.4. The van der Waals surface area contributed by atoms with E-state index in [1.807, 2.05) is 61.0 Å². The Bertz CT molecular complexity index is 622. The Hall–Kier alpha value is -1.27. The summed E-state index contributed by atoms with van der Waals surface area (Å²) in [7, 11) is 0. The topological polar surface area (TPSA) is 35.5 Å². The van der Waals surface area contributed by atoms with Crippen molar-refractivity contribution in [3.8, 4) is 0 Å². The van der Waals surface area contributed by atoms with Crippen LogP contribution < -0.4 is 0 Å². The Kier molecular flexibility index (Phi) is 8.55. The molecule has 0 saturated heterocycles. The minimum absolute atomic E-state index is 0.165. The third kappa shape index (κ3) is 5.35. The molecule has 2 aromatic carbocycles. The number of ketones is 1. The van der Waals surface area contributed by atoms with Crippen molar-refractivity contribution in [2.45, 2.75) is 5.79 Å². The second-order valence-corrected chi connectivity index (χ2v) is 7.33. The number of carbonyl (C=O) groups is 1. The van der Waals surface area contributed by atoms with Crippen molar-refractivity contribution in [1.82, 2.24) is 0 Å². The number of thioether (sulfide) groups is 2. The summed E-state index contributed by atoms with van der Waals surface area (Å²) in [5, 5.41) is 0. The summed E-state index contributed by atoms with van der Waals surface area (Å²) < 4.78 is 12.2. The van der Waals surface area contributed by atoms with E-state index in [-0.39, 0.29) is 5.78 Å². The van der Waals surface area contributed by atoms with Gasteiger partial charge in [0.15, 0.2) is 0 Å². The van der Waals surface area contributed by atoms with Gasteiger partial charge in [-0.05, 0) is 12.5 Å². The molecule has 3 nitrogen and oxygen atoms in total. The molecule has 2 aromatic rings. The third-order valence-electron chi connectivity index (χ3n) is 3.67. The smallest absolute Gasteiger partial charge is 0.261 e. The van der Waals surface area contributed by atoms with Crippen molar-refractivity contribution >= 4 is 29.3 Å². The summed E-state index contributed by atoms with van der Waals surface area (Å²) in [6.45, 7) is 0.877. The minimum atomic E-state index is -1.41. The molecule has 0 aliphatic heterocycles. The molecule has 0 aliphatic rings. The summed E-state index contributed by atoms with van der Waals surface area (Å²) in [5.41, 5.74) is 1.31. The average Bonchev–Trinajstić information content (AvgIpc) is 2.68. The maximum Gasteiger partial charge on any atom is 0.261 e. The average molecular weight is 377 g/mol. The molecule has 0 bridgehead atoms. The zero-order valence-electron chi connectivity index (χ0n) is 14.6. The number of ether oxygens (including phenoxy) is 2. The first-order valence-corrected chi connectivity index (χ1v) is 10.9. The van der Waals surface area contributed by atoms with Gasteiger partial charge in [-0.3, -0.25) is 4.79 Å². The highest BCUT2D eigenvalue weighted by Crippen LogP contribution is 2.32. The molecule has 5 heteroatoms. The highest BCUT2D eigenvalue weighted by atomic mass is 32.2. The van der Waals surface area contributed by atoms with Crippen LogP contribution in [0.5, 0.6) is 0 Å². The standard InChI is InChI=1S/C20H24O3S2/c1-24-15-13-22-20(23-14-16-25-2,18-11-7-4-8-12-18)19(21)17-9-5-3-6-10-17/h3-12H,13-16H2,1-2H3. The lowest BCUT2D eigenvalue weighted by atomic mass is 9.95. The molecular weight excluding hydrogens is 352 g/mol. The normalized spacial score (nSPS) is 11.4. The summed E-state index contributed by atoms with van der Waals surface area (Å²) in [6, 6.07) is 18.7. The van der Waals surface area contributed by atoms with Crippen LogP contribution in [0.2, 0.25) is 0 Å². The Morgan fingerprint density at radius 1 is 0.840 bits per heavy atom. The van der Waals surface area contributed by atoms with Gasteiger partial charge in [-0.25, -0.2) is 0 Å². The van der Waals surface area contributed by atoms with E-state index < -0.39 is 5.79 Å². The summed E-state index contributed by atoms with van der Waals surface area (Å²) in [5.74, 6) is 0.0144. The number of carbonyl (C=O) groups excluding carboxylic acids is 1. The van der Waals surface area contributed by atoms with Gasteiger partial charge in [-0.1, -0.05) is 60.7 Å². The largest absolute Gasteiger partial charge is 0.339 e. The van der Waals surface area contributed by atoms with Gasteiger partial charge < -0.3 is 9.47 Å². The quantitative estimate of drug-likeness (QED) is 0.328. The predicted octanol–water partition coefficient (Wildman–Crippen LogP) is 4.48. The molecule has 2 rings (SSSR count). The SMILES string of the molecule is CSCCOC(OCCSC)(C(=O)c1ccccc1)c1ccccc1. The molecule has 0 amide bonds. The van der Waals surface area contributed by atoms with E-state index in [9.17, 15) is 4.79 Å². The summed E-state index contributed by atoms with van der Waals surface area (Å²) in [4.78, 5) is 13.4. The van der Waals surface area contributed by atoms with Gasteiger partial charge in [0.25, 0.3) is 5.79 Å². The Labute approximate surface area is 158 Å². The van der Waals surface area contributed by atoms with Gasteiger partial charge in [0.05, 0.1) is 13.2 Å². The highest BCUT2D eigenvalue weighted by Gasteiger charge is 2.43. The van der Waals surface area contributed by atoms with E-state index in [1.54, 1.807) is 35.7 Å². The Morgan fingerprint density at radius 2 is 1.32 bits per heavy atom. The van der Waals surface area contributed by atoms with E-state index in [0.29, 0.717) is 18.8 Å². The first-order valence-electron chi connectivity index (χ1n) is 8.15.